The third-order valence-electron chi connectivity index (χ3n) is 5.26. The first-order chi connectivity index (χ1) is 14.4. The van der Waals surface area contributed by atoms with Gasteiger partial charge in [-0.05, 0) is 18.2 Å². The lowest BCUT2D eigenvalue weighted by molar-refractivity contribution is -0.125. The molecular weight excluding hydrogens is 410 g/mol. The Morgan fingerprint density at radius 1 is 1.10 bits per heavy atom. The molecule has 1 fully saturated rings. The Labute approximate surface area is 178 Å². The van der Waals surface area contributed by atoms with Gasteiger partial charge in [-0.1, -0.05) is 23.7 Å². The Morgan fingerprint density at radius 2 is 1.83 bits per heavy atom. The van der Waals surface area contributed by atoms with E-state index in [0.29, 0.717) is 33.6 Å². The lowest BCUT2D eigenvalue weighted by atomic mass is 10.1. The fourth-order valence-corrected chi connectivity index (χ4v) is 4.05. The predicted octanol–water partition coefficient (Wildman–Crippen LogP) is 2.70. The molecule has 2 heterocycles. The Bertz CT molecular complexity index is 1040. The van der Waals surface area contributed by atoms with E-state index in [1.165, 1.54) is 24.0 Å². The van der Waals surface area contributed by atoms with Crippen LogP contribution in [-0.4, -0.2) is 45.0 Å². The molecule has 0 unspecified atom stereocenters. The van der Waals surface area contributed by atoms with Crippen LogP contribution in [0.4, 0.5) is 17.1 Å². The van der Waals surface area contributed by atoms with Crippen molar-refractivity contribution in [2.45, 2.75) is 6.42 Å². The highest BCUT2D eigenvalue weighted by Gasteiger charge is 2.40. The summed E-state index contributed by atoms with van der Waals surface area (Å²) < 4.78 is 10.6. The standard InChI is InChI=1S/C21H20ClN3O5/c1-29-17-9-18(30-2)16(8-13(17)22)24-10-12(7-20(24)27)21(28)25-11-19(26)23-14-5-3-4-6-15(14)25/h3-6,8-9,12H,7,10-11H2,1-2H3,(H,23,26)/t12-/m1/s1. The molecule has 1 saturated heterocycles. The van der Waals surface area contributed by atoms with Gasteiger partial charge in [0.2, 0.25) is 17.7 Å². The van der Waals surface area contributed by atoms with Crippen molar-refractivity contribution in [3.05, 3.63) is 41.4 Å². The summed E-state index contributed by atoms with van der Waals surface area (Å²) in [5.41, 5.74) is 1.67. The van der Waals surface area contributed by atoms with Crippen molar-refractivity contribution in [3.63, 3.8) is 0 Å². The van der Waals surface area contributed by atoms with Gasteiger partial charge in [0.1, 0.15) is 18.0 Å². The zero-order valence-corrected chi connectivity index (χ0v) is 17.2. The number of carbonyl (C=O) groups is 3. The van der Waals surface area contributed by atoms with Gasteiger partial charge in [-0.2, -0.15) is 0 Å². The van der Waals surface area contributed by atoms with E-state index in [1.807, 2.05) is 0 Å². The van der Waals surface area contributed by atoms with Gasteiger partial charge in [-0.3, -0.25) is 14.4 Å². The van der Waals surface area contributed by atoms with E-state index in [9.17, 15) is 14.4 Å². The molecule has 2 aromatic rings. The molecule has 0 aliphatic carbocycles. The molecule has 0 aromatic heterocycles. The van der Waals surface area contributed by atoms with Gasteiger partial charge in [0.05, 0.1) is 42.2 Å². The van der Waals surface area contributed by atoms with Crippen molar-refractivity contribution >= 4 is 46.4 Å². The zero-order chi connectivity index (χ0) is 21.4. The number of benzene rings is 2. The molecule has 0 radical (unpaired) electrons. The first-order valence-electron chi connectivity index (χ1n) is 9.35. The minimum atomic E-state index is -0.595. The molecule has 1 atom stereocenters. The highest BCUT2D eigenvalue weighted by Crippen LogP contribution is 2.41. The second kappa shape index (κ2) is 7.87. The topological polar surface area (TPSA) is 88.2 Å². The molecule has 9 heteroatoms. The van der Waals surface area contributed by atoms with Crippen LogP contribution in [-0.2, 0) is 14.4 Å². The molecular formula is C21H20ClN3O5. The van der Waals surface area contributed by atoms with Crippen LogP contribution in [0.3, 0.4) is 0 Å². The molecule has 0 spiro atoms. The Kier molecular flexibility index (Phi) is 5.26. The number of amides is 3. The van der Waals surface area contributed by atoms with Gasteiger partial charge in [-0.25, -0.2) is 0 Å². The van der Waals surface area contributed by atoms with E-state index in [0.717, 1.165) is 0 Å². The molecule has 156 valence electrons. The van der Waals surface area contributed by atoms with Crippen molar-refractivity contribution in [3.8, 4) is 11.5 Å². The first-order valence-corrected chi connectivity index (χ1v) is 9.73. The number of halogens is 1. The summed E-state index contributed by atoms with van der Waals surface area (Å²) in [5, 5.41) is 3.09. The molecule has 4 rings (SSSR count). The number of hydrogen-bond acceptors (Lipinski definition) is 5. The highest BCUT2D eigenvalue weighted by atomic mass is 35.5. The Balaban J connectivity index is 1.61. The smallest absolute Gasteiger partial charge is 0.244 e. The second-order valence-corrected chi connectivity index (χ2v) is 7.46. The maximum absolute atomic E-state index is 13.2. The van der Waals surface area contributed by atoms with Gasteiger partial charge >= 0.3 is 0 Å². The second-order valence-electron chi connectivity index (χ2n) is 7.05. The molecule has 2 aliphatic rings. The first kappa shape index (κ1) is 20.0. The van der Waals surface area contributed by atoms with E-state index in [1.54, 1.807) is 36.4 Å². The Hall–Kier alpha value is -3.26. The van der Waals surface area contributed by atoms with Gasteiger partial charge in [0.25, 0.3) is 0 Å². The van der Waals surface area contributed by atoms with Crippen LogP contribution in [0.15, 0.2) is 36.4 Å². The predicted molar refractivity (Wildman–Crippen MR) is 112 cm³/mol. The number of hydrogen-bond donors (Lipinski definition) is 1. The fourth-order valence-electron chi connectivity index (χ4n) is 3.81. The van der Waals surface area contributed by atoms with Crippen molar-refractivity contribution < 1.29 is 23.9 Å². The van der Waals surface area contributed by atoms with Crippen molar-refractivity contribution in [1.29, 1.82) is 0 Å². The largest absolute Gasteiger partial charge is 0.495 e. The molecule has 0 saturated carbocycles. The van der Waals surface area contributed by atoms with Crippen LogP contribution in [0.5, 0.6) is 11.5 Å². The fraction of sp³-hybridized carbons (Fsp3) is 0.286. The van der Waals surface area contributed by atoms with Crippen LogP contribution in [0.25, 0.3) is 0 Å². The molecule has 0 bridgehead atoms. The average Bonchev–Trinajstić information content (AvgIpc) is 3.13. The summed E-state index contributed by atoms with van der Waals surface area (Å²) in [7, 11) is 2.97. The summed E-state index contributed by atoms with van der Waals surface area (Å²) in [6.45, 7) is 0.0786. The quantitative estimate of drug-likeness (QED) is 0.807. The summed E-state index contributed by atoms with van der Waals surface area (Å²) in [5.74, 6) is -0.518. The van der Waals surface area contributed by atoms with Gasteiger partial charge in [0, 0.05) is 19.0 Å². The number of rotatable bonds is 4. The summed E-state index contributed by atoms with van der Waals surface area (Å²) in [4.78, 5) is 41.0. The third-order valence-corrected chi connectivity index (χ3v) is 5.55. The normalized spacial score (nSPS) is 18.2. The van der Waals surface area contributed by atoms with Crippen LogP contribution >= 0.6 is 11.6 Å². The highest BCUT2D eigenvalue weighted by molar-refractivity contribution is 6.32. The van der Waals surface area contributed by atoms with Crippen LogP contribution < -0.4 is 24.6 Å². The number of carbonyl (C=O) groups excluding carboxylic acids is 3. The minimum absolute atomic E-state index is 0.0337. The number of nitrogens with zero attached hydrogens (tertiary/aromatic N) is 2. The van der Waals surface area contributed by atoms with E-state index < -0.39 is 5.92 Å². The van der Waals surface area contributed by atoms with Crippen molar-refractivity contribution in [1.82, 2.24) is 0 Å². The number of fused-ring (bicyclic) bond motifs is 1. The minimum Gasteiger partial charge on any atom is -0.495 e. The monoisotopic (exact) mass is 429 g/mol. The SMILES string of the molecule is COc1cc(OC)c(N2C[C@H](C(=O)N3CC(=O)Nc4ccccc43)CC2=O)cc1Cl. The van der Waals surface area contributed by atoms with Crippen LogP contribution in [0.2, 0.25) is 5.02 Å². The molecule has 30 heavy (non-hydrogen) atoms. The van der Waals surface area contributed by atoms with E-state index in [2.05, 4.69) is 5.32 Å². The number of methoxy groups -OCH3 is 2. The third kappa shape index (κ3) is 3.43. The summed E-state index contributed by atoms with van der Waals surface area (Å²) in [6.07, 6.45) is 0.0337. The lowest BCUT2D eigenvalue weighted by Gasteiger charge is -2.31. The summed E-state index contributed by atoms with van der Waals surface area (Å²) in [6, 6.07) is 10.3. The van der Waals surface area contributed by atoms with Gasteiger partial charge < -0.3 is 24.6 Å². The molecule has 2 aliphatic heterocycles. The lowest BCUT2D eigenvalue weighted by Crippen LogP contribution is -2.45. The summed E-state index contributed by atoms with van der Waals surface area (Å²) >= 11 is 6.24. The van der Waals surface area contributed by atoms with Crippen LogP contribution in [0, 0.1) is 5.92 Å². The van der Waals surface area contributed by atoms with Gasteiger partial charge in [-0.15, -0.1) is 0 Å². The number of para-hydroxylation sites is 2. The number of anilines is 3. The average molecular weight is 430 g/mol. The Morgan fingerprint density at radius 3 is 2.57 bits per heavy atom. The maximum atomic E-state index is 13.2. The van der Waals surface area contributed by atoms with Crippen molar-refractivity contribution in [2.24, 2.45) is 5.92 Å². The van der Waals surface area contributed by atoms with Crippen LogP contribution in [0.1, 0.15) is 6.42 Å². The molecule has 2 aromatic carbocycles. The van der Waals surface area contributed by atoms with Gasteiger partial charge in [0.15, 0.2) is 0 Å². The molecule has 3 amide bonds. The molecule has 1 N–H and O–H groups in total. The van der Waals surface area contributed by atoms with E-state index in [4.69, 9.17) is 21.1 Å². The molecule has 8 nitrogen and oxygen atoms in total. The zero-order valence-electron chi connectivity index (χ0n) is 16.5. The van der Waals surface area contributed by atoms with E-state index in [-0.39, 0.29) is 37.2 Å². The maximum Gasteiger partial charge on any atom is 0.244 e. The number of ether oxygens (including phenoxy) is 2. The number of nitrogens with one attached hydrogen (secondary N) is 1. The van der Waals surface area contributed by atoms with Crippen molar-refractivity contribution in [2.75, 3.05) is 42.4 Å². The van der Waals surface area contributed by atoms with E-state index >= 15 is 0 Å².